The first-order chi connectivity index (χ1) is 8.56. The summed E-state index contributed by atoms with van der Waals surface area (Å²) in [5.41, 5.74) is 1.03. The number of halogens is 1. The van der Waals surface area contributed by atoms with Gasteiger partial charge in [0.15, 0.2) is 0 Å². The van der Waals surface area contributed by atoms with Crippen molar-refractivity contribution < 1.29 is 4.39 Å². The minimum absolute atomic E-state index is 0.156. The molecule has 1 saturated heterocycles. The molecule has 3 heteroatoms. The van der Waals surface area contributed by atoms with Gasteiger partial charge in [-0.05, 0) is 51.4 Å². The molecule has 1 N–H and O–H groups in total. The molecule has 0 radical (unpaired) electrons. The molecule has 2 nitrogen and oxygen atoms in total. The van der Waals surface area contributed by atoms with Gasteiger partial charge in [-0.25, -0.2) is 4.39 Å². The topological polar surface area (TPSA) is 15.3 Å². The number of nitrogens with zero attached hydrogens (tertiary/aromatic N) is 1. The normalized spacial score (nSPS) is 22.6. The van der Waals surface area contributed by atoms with Crippen LogP contribution in [-0.2, 0) is 0 Å². The van der Waals surface area contributed by atoms with Crippen LogP contribution < -0.4 is 5.32 Å². The highest BCUT2D eigenvalue weighted by atomic mass is 19.1. The van der Waals surface area contributed by atoms with Crippen LogP contribution >= 0.6 is 0 Å². The van der Waals surface area contributed by atoms with Crippen molar-refractivity contribution in [1.29, 1.82) is 0 Å². The molecule has 2 atom stereocenters. The molecule has 1 aliphatic heterocycles. The summed E-state index contributed by atoms with van der Waals surface area (Å²) in [5, 5.41) is 3.60. The number of benzene rings is 1. The summed E-state index contributed by atoms with van der Waals surface area (Å²) in [7, 11) is 0. The predicted molar refractivity (Wildman–Crippen MR) is 73.1 cm³/mol. The Morgan fingerprint density at radius 2 is 2.11 bits per heavy atom. The van der Waals surface area contributed by atoms with Crippen molar-refractivity contribution in [1.82, 2.24) is 10.2 Å². The molecule has 0 spiro atoms. The van der Waals surface area contributed by atoms with Crippen LogP contribution in [0.4, 0.5) is 4.39 Å². The third kappa shape index (κ3) is 3.30. The highest BCUT2D eigenvalue weighted by Crippen LogP contribution is 2.18. The molecular formula is C15H23FN2. The first-order valence-corrected chi connectivity index (χ1v) is 6.82. The van der Waals surface area contributed by atoms with Gasteiger partial charge >= 0.3 is 0 Å². The van der Waals surface area contributed by atoms with Crippen LogP contribution in [0.25, 0.3) is 0 Å². The van der Waals surface area contributed by atoms with Crippen molar-refractivity contribution in [3.05, 3.63) is 35.6 Å². The van der Waals surface area contributed by atoms with Gasteiger partial charge in [-0.2, -0.15) is 0 Å². The Kier molecular flexibility index (Phi) is 4.36. The van der Waals surface area contributed by atoms with Gasteiger partial charge in [0.1, 0.15) is 5.82 Å². The summed E-state index contributed by atoms with van der Waals surface area (Å²) in [6.07, 6.45) is 1.18. The zero-order valence-corrected chi connectivity index (χ0v) is 11.5. The Bertz CT molecular complexity index is 392. The summed E-state index contributed by atoms with van der Waals surface area (Å²) in [6, 6.07) is 8.21. The van der Waals surface area contributed by atoms with Crippen LogP contribution in [-0.4, -0.2) is 30.1 Å². The van der Waals surface area contributed by atoms with E-state index >= 15 is 0 Å². The second-order valence-corrected chi connectivity index (χ2v) is 5.52. The molecule has 100 valence electrons. The van der Waals surface area contributed by atoms with Crippen molar-refractivity contribution in [2.45, 2.75) is 45.3 Å². The molecule has 18 heavy (non-hydrogen) atoms. The molecule has 1 fully saturated rings. The molecule has 2 rings (SSSR count). The predicted octanol–water partition coefficient (Wildman–Crippen LogP) is 2.96. The molecule has 1 heterocycles. The lowest BCUT2D eigenvalue weighted by Gasteiger charge is -2.23. The summed E-state index contributed by atoms with van der Waals surface area (Å²) in [4.78, 5) is 2.48. The van der Waals surface area contributed by atoms with Crippen LogP contribution in [0, 0.1) is 5.82 Å². The lowest BCUT2D eigenvalue weighted by atomic mass is 10.1. The van der Waals surface area contributed by atoms with Gasteiger partial charge in [0.2, 0.25) is 0 Å². The van der Waals surface area contributed by atoms with Crippen LogP contribution in [0.5, 0.6) is 0 Å². The van der Waals surface area contributed by atoms with Crippen LogP contribution in [0.2, 0.25) is 0 Å². The van der Waals surface area contributed by atoms with Crippen molar-refractivity contribution in [2.24, 2.45) is 0 Å². The van der Waals surface area contributed by atoms with E-state index in [4.69, 9.17) is 0 Å². The van der Waals surface area contributed by atoms with Gasteiger partial charge in [-0.1, -0.05) is 12.1 Å². The Balaban J connectivity index is 1.90. The van der Waals surface area contributed by atoms with E-state index in [9.17, 15) is 4.39 Å². The molecule has 1 aromatic rings. The highest BCUT2D eigenvalue weighted by molar-refractivity contribution is 5.19. The number of nitrogens with one attached hydrogen (secondary N) is 1. The second-order valence-electron chi connectivity index (χ2n) is 5.52. The number of rotatable bonds is 4. The second kappa shape index (κ2) is 5.81. The first-order valence-electron chi connectivity index (χ1n) is 6.82. The van der Waals surface area contributed by atoms with Gasteiger partial charge in [-0.15, -0.1) is 0 Å². The molecule has 1 aromatic carbocycles. The van der Waals surface area contributed by atoms with Crippen molar-refractivity contribution in [3.8, 4) is 0 Å². The summed E-state index contributed by atoms with van der Waals surface area (Å²) in [6.45, 7) is 8.83. The van der Waals surface area contributed by atoms with E-state index < -0.39 is 0 Å². The van der Waals surface area contributed by atoms with E-state index in [0.29, 0.717) is 12.1 Å². The van der Waals surface area contributed by atoms with E-state index in [-0.39, 0.29) is 11.9 Å². The molecule has 0 aromatic heterocycles. The van der Waals surface area contributed by atoms with E-state index in [1.165, 1.54) is 12.5 Å². The Morgan fingerprint density at radius 1 is 1.33 bits per heavy atom. The van der Waals surface area contributed by atoms with Gasteiger partial charge in [0, 0.05) is 24.7 Å². The monoisotopic (exact) mass is 250 g/mol. The van der Waals surface area contributed by atoms with Crippen LogP contribution in [0.15, 0.2) is 24.3 Å². The highest BCUT2D eigenvalue weighted by Gasteiger charge is 2.25. The molecular weight excluding hydrogens is 227 g/mol. The van der Waals surface area contributed by atoms with Crippen LogP contribution in [0.1, 0.15) is 38.8 Å². The minimum Gasteiger partial charge on any atom is -0.306 e. The molecule has 0 bridgehead atoms. The third-order valence-electron chi connectivity index (χ3n) is 3.78. The lowest BCUT2D eigenvalue weighted by Crippen LogP contribution is -2.36. The van der Waals surface area contributed by atoms with Gasteiger partial charge < -0.3 is 5.32 Å². The van der Waals surface area contributed by atoms with Gasteiger partial charge in [0.25, 0.3) is 0 Å². The van der Waals surface area contributed by atoms with Crippen molar-refractivity contribution in [3.63, 3.8) is 0 Å². The Morgan fingerprint density at radius 3 is 2.72 bits per heavy atom. The molecule has 1 unspecified atom stereocenters. The van der Waals surface area contributed by atoms with E-state index in [1.54, 1.807) is 12.1 Å². The molecule has 0 aliphatic carbocycles. The van der Waals surface area contributed by atoms with E-state index in [1.807, 2.05) is 6.07 Å². The third-order valence-corrected chi connectivity index (χ3v) is 3.78. The van der Waals surface area contributed by atoms with Gasteiger partial charge in [0.05, 0.1) is 0 Å². The number of hydrogen-bond donors (Lipinski definition) is 1. The average Bonchev–Trinajstić information content (AvgIpc) is 2.77. The van der Waals surface area contributed by atoms with E-state index in [2.05, 4.69) is 31.0 Å². The van der Waals surface area contributed by atoms with Crippen molar-refractivity contribution in [2.75, 3.05) is 13.1 Å². The molecule has 0 amide bonds. The van der Waals surface area contributed by atoms with Crippen LogP contribution in [0.3, 0.4) is 0 Å². The number of hydrogen-bond acceptors (Lipinski definition) is 2. The number of likely N-dealkylation sites (tertiary alicyclic amines) is 1. The first kappa shape index (κ1) is 13.5. The maximum atomic E-state index is 13.2. The summed E-state index contributed by atoms with van der Waals surface area (Å²) >= 11 is 0. The molecule has 0 saturated carbocycles. The SMILES string of the molecule is CC(C)N1CCC(N[C@H](C)c2cccc(F)c2)C1. The average molecular weight is 250 g/mol. The zero-order valence-electron chi connectivity index (χ0n) is 11.5. The minimum atomic E-state index is -0.156. The summed E-state index contributed by atoms with van der Waals surface area (Å²) in [5.74, 6) is -0.156. The maximum absolute atomic E-state index is 13.2. The smallest absolute Gasteiger partial charge is 0.123 e. The summed E-state index contributed by atoms with van der Waals surface area (Å²) < 4.78 is 13.2. The lowest BCUT2D eigenvalue weighted by molar-refractivity contribution is 0.266. The maximum Gasteiger partial charge on any atom is 0.123 e. The fourth-order valence-electron chi connectivity index (χ4n) is 2.62. The van der Waals surface area contributed by atoms with E-state index in [0.717, 1.165) is 18.7 Å². The largest absolute Gasteiger partial charge is 0.306 e. The molecule has 1 aliphatic rings. The quantitative estimate of drug-likeness (QED) is 0.884. The fraction of sp³-hybridized carbons (Fsp3) is 0.600. The van der Waals surface area contributed by atoms with Crippen molar-refractivity contribution >= 4 is 0 Å². The Labute approximate surface area is 109 Å². The fourth-order valence-corrected chi connectivity index (χ4v) is 2.62. The Hall–Kier alpha value is -0.930. The standard InChI is InChI=1S/C15H23FN2/c1-11(2)18-8-7-15(10-18)17-12(3)13-5-4-6-14(16)9-13/h4-6,9,11-12,15,17H,7-8,10H2,1-3H3/t12-,15?/m1/s1. The zero-order chi connectivity index (χ0) is 13.1. The van der Waals surface area contributed by atoms with Gasteiger partial charge in [-0.3, -0.25) is 4.90 Å².